The Balaban J connectivity index is 1.96. The molecule has 15 heavy (non-hydrogen) atoms. The van der Waals surface area contributed by atoms with Crippen LogP contribution in [-0.4, -0.2) is 19.8 Å². The smallest absolute Gasteiger partial charge is 0.107 e. The number of ether oxygens (including phenoxy) is 1. The predicted molar refractivity (Wildman–Crippen MR) is 62.4 cm³/mol. The average Bonchev–Trinajstić information content (AvgIpc) is 2.29. The molecule has 0 radical (unpaired) electrons. The van der Waals surface area contributed by atoms with E-state index in [0.29, 0.717) is 6.61 Å². The van der Waals surface area contributed by atoms with E-state index < -0.39 is 0 Å². The molecule has 1 N–H and O–H groups in total. The largest absolute Gasteiger partial charge is 0.369 e. The molecule has 0 saturated carbocycles. The second-order valence-corrected chi connectivity index (χ2v) is 3.27. The zero-order valence-electron chi connectivity index (χ0n) is 8.91. The molecule has 0 aromatic heterocycles. The van der Waals surface area contributed by atoms with Crippen LogP contribution >= 0.6 is 0 Å². The lowest BCUT2D eigenvalue weighted by Crippen LogP contribution is -2.16. The molecule has 2 nitrogen and oxygen atoms in total. The summed E-state index contributed by atoms with van der Waals surface area (Å²) in [6, 6.07) is 10.3. The maximum Gasteiger partial charge on any atom is 0.107 e. The summed E-state index contributed by atoms with van der Waals surface area (Å²) in [6.07, 6.45) is 6.05. The van der Waals surface area contributed by atoms with Gasteiger partial charge in [-0.3, -0.25) is 0 Å². The molecule has 0 unspecified atom stereocenters. The Morgan fingerprint density at radius 3 is 2.80 bits per heavy atom. The highest BCUT2D eigenvalue weighted by atomic mass is 16.5. The number of hydrogen-bond acceptors (Lipinski definition) is 2. The first-order valence-corrected chi connectivity index (χ1v) is 5.19. The predicted octanol–water partition coefficient (Wildman–Crippen LogP) is 1.82. The van der Waals surface area contributed by atoms with Gasteiger partial charge in [-0.1, -0.05) is 36.3 Å². The molecular formula is C13H17NO. The summed E-state index contributed by atoms with van der Waals surface area (Å²) in [6.45, 7) is 3.01. The van der Waals surface area contributed by atoms with Crippen molar-refractivity contribution in [3.05, 3.63) is 35.9 Å². The Hall–Kier alpha value is -1.30. The number of hydrogen-bond donors (Lipinski definition) is 1. The van der Waals surface area contributed by atoms with E-state index in [1.807, 2.05) is 18.2 Å². The van der Waals surface area contributed by atoms with Gasteiger partial charge in [0.15, 0.2) is 0 Å². The summed E-state index contributed by atoms with van der Waals surface area (Å²) in [5.74, 6) is 2.44. The van der Waals surface area contributed by atoms with Crippen LogP contribution in [0.1, 0.15) is 12.0 Å². The van der Waals surface area contributed by atoms with Crippen LogP contribution in [0.25, 0.3) is 0 Å². The van der Waals surface area contributed by atoms with Crippen molar-refractivity contribution >= 4 is 0 Å². The van der Waals surface area contributed by atoms with E-state index in [4.69, 9.17) is 11.2 Å². The molecule has 0 aliphatic heterocycles. The van der Waals surface area contributed by atoms with Gasteiger partial charge in [0.2, 0.25) is 0 Å². The maximum atomic E-state index is 5.16. The maximum absolute atomic E-state index is 5.16. The minimum atomic E-state index is 0.415. The van der Waals surface area contributed by atoms with E-state index in [9.17, 15) is 0 Å². The van der Waals surface area contributed by atoms with Crippen molar-refractivity contribution in [2.75, 3.05) is 19.8 Å². The van der Waals surface area contributed by atoms with Crippen LogP contribution in [0.5, 0.6) is 0 Å². The molecule has 2 heteroatoms. The van der Waals surface area contributed by atoms with Gasteiger partial charge in [0.25, 0.3) is 0 Å². The van der Waals surface area contributed by atoms with Gasteiger partial charge in [0.1, 0.15) is 6.61 Å². The fourth-order valence-corrected chi connectivity index (χ4v) is 1.26. The third kappa shape index (κ3) is 5.90. The van der Waals surface area contributed by atoms with Gasteiger partial charge in [-0.25, -0.2) is 0 Å². The quantitative estimate of drug-likeness (QED) is 0.539. The number of nitrogens with one attached hydrogen (secondary N) is 1. The third-order valence-corrected chi connectivity index (χ3v) is 2.00. The molecule has 1 aromatic rings. The Kier molecular flexibility index (Phi) is 6.31. The third-order valence-electron chi connectivity index (χ3n) is 2.00. The van der Waals surface area contributed by atoms with Gasteiger partial charge in [-0.15, -0.1) is 6.42 Å². The van der Waals surface area contributed by atoms with Crippen LogP contribution in [0.3, 0.4) is 0 Å². The summed E-state index contributed by atoms with van der Waals surface area (Å²) >= 11 is 0. The van der Waals surface area contributed by atoms with Crippen molar-refractivity contribution in [3.8, 4) is 12.3 Å². The Morgan fingerprint density at radius 2 is 2.07 bits per heavy atom. The van der Waals surface area contributed by atoms with Gasteiger partial charge in [-0.2, -0.15) is 0 Å². The highest BCUT2D eigenvalue weighted by molar-refractivity contribution is 5.14. The topological polar surface area (TPSA) is 21.3 Å². The zero-order chi connectivity index (χ0) is 10.8. The summed E-state index contributed by atoms with van der Waals surface area (Å²) in [5.41, 5.74) is 1.31. The Labute approximate surface area is 91.6 Å². The van der Waals surface area contributed by atoms with E-state index in [2.05, 4.69) is 23.4 Å². The number of benzene rings is 1. The van der Waals surface area contributed by atoms with Crippen LogP contribution in [0.4, 0.5) is 0 Å². The van der Waals surface area contributed by atoms with Crippen molar-refractivity contribution in [1.29, 1.82) is 0 Å². The minimum absolute atomic E-state index is 0.415. The fourth-order valence-electron chi connectivity index (χ4n) is 1.26. The molecule has 0 fully saturated rings. The fraction of sp³-hybridized carbons (Fsp3) is 0.385. The Bertz CT molecular complexity index is 289. The van der Waals surface area contributed by atoms with Gasteiger partial charge in [0.05, 0.1) is 0 Å². The van der Waals surface area contributed by atoms with Crippen LogP contribution in [0, 0.1) is 12.3 Å². The summed E-state index contributed by atoms with van der Waals surface area (Å²) in [4.78, 5) is 0. The van der Waals surface area contributed by atoms with Crippen LogP contribution in [-0.2, 0) is 11.3 Å². The summed E-state index contributed by atoms with van der Waals surface area (Å²) < 4.78 is 5.16. The second kappa shape index (κ2) is 8.05. The van der Waals surface area contributed by atoms with Crippen LogP contribution < -0.4 is 5.32 Å². The van der Waals surface area contributed by atoms with Crippen molar-refractivity contribution in [3.63, 3.8) is 0 Å². The average molecular weight is 203 g/mol. The van der Waals surface area contributed by atoms with Gasteiger partial charge in [-0.05, 0) is 18.5 Å². The first-order chi connectivity index (χ1) is 7.43. The molecule has 0 bridgehead atoms. The molecular weight excluding hydrogens is 186 g/mol. The van der Waals surface area contributed by atoms with Crippen LogP contribution in [0.2, 0.25) is 0 Å². The molecule has 0 amide bonds. The van der Waals surface area contributed by atoms with E-state index in [1.165, 1.54) is 5.56 Å². The lowest BCUT2D eigenvalue weighted by Gasteiger charge is -2.04. The molecule has 1 rings (SSSR count). The second-order valence-electron chi connectivity index (χ2n) is 3.27. The molecule has 0 spiro atoms. The van der Waals surface area contributed by atoms with Gasteiger partial charge < -0.3 is 10.1 Å². The molecule has 0 saturated heterocycles. The molecule has 0 aliphatic rings. The monoisotopic (exact) mass is 203 g/mol. The normalized spacial score (nSPS) is 9.80. The van der Waals surface area contributed by atoms with Gasteiger partial charge >= 0.3 is 0 Å². The highest BCUT2D eigenvalue weighted by Gasteiger charge is 1.90. The van der Waals surface area contributed by atoms with E-state index in [-0.39, 0.29) is 0 Å². The molecule has 80 valence electrons. The van der Waals surface area contributed by atoms with Crippen LogP contribution in [0.15, 0.2) is 30.3 Å². The molecule has 1 aromatic carbocycles. The van der Waals surface area contributed by atoms with Crippen molar-refractivity contribution in [2.24, 2.45) is 0 Å². The zero-order valence-corrected chi connectivity index (χ0v) is 8.91. The standard InChI is InChI=1S/C13H17NO/c1-2-10-15-11-6-9-14-12-13-7-4-3-5-8-13/h1,3-5,7-8,14H,6,9-12H2. The summed E-state index contributed by atoms with van der Waals surface area (Å²) in [5, 5.41) is 3.35. The molecule has 0 atom stereocenters. The first kappa shape index (κ1) is 11.8. The van der Waals surface area contributed by atoms with Crippen molar-refractivity contribution < 1.29 is 4.74 Å². The number of rotatable bonds is 7. The number of terminal acetylenes is 1. The Morgan fingerprint density at radius 1 is 1.27 bits per heavy atom. The van der Waals surface area contributed by atoms with Crippen molar-refractivity contribution in [2.45, 2.75) is 13.0 Å². The van der Waals surface area contributed by atoms with Gasteiger partial charge in [0, 0.05) is 13.2 Å². The first-order valence-electron chi connectivity index (χ1n) is 5.19. The molecule has 0 heterocycles. The van der Waals surface area contributed by atoms with E-state index in [0.717, 1.165) is 26.1 Å². The summed E-state index contributed by atoms with van der Waals surface area (Å²) in [7, 11) is 0. The lowest BCUT2D eigenvalue weighted by atomic mass is 10.2. The highest BCUT2D eigenvalue weighted by Crippen LogP contribution is 1.96. The minimum Gasteiger partial charge on any atom is -0.369 e. The van der Waals surface area contributed by atoms with Crippen molar-refractivity contribution in [1.82, 2.24) is 5.32 Å². The molecule has 0 aliphatic carbocycles. The SMILES string of the molecule is C#CCOCCCNCc1ccccc1. The lowest BCUT2D eigenvalue weighted by molar-refractivity contribution is 0.164. The van der Waals surface area contributed by atoms with E-state index in [1.54, 1.807) is 0 Å². The van der Waals surface area contributed by atoms with E-state index >= 15 is 0 Å².